The van der Waals surface area contributed by atoms with Gasteiger partial charge >= 0.3 is 5.96 Å². The summed E-state index contributed by atoms with van der Waals surface area (Å²) in [6.07, 6.45) is -0.294. The Morgan fingerprint density at radius 1 is 1.22 bits per heavy atom. The number of carbonyl (C=O) groups excluding carboxylic acids is 2. The highest BCUT2D eigenvalue weighted by Gasteiger charge is 2.68. The molecule has 5 heterocycles. The van der Waals surface area contributed by atoms with Crippen LogP contribution in [0, 0.1) is 6.92 Å². The molecule has 6 rings (SSSR count). The van der Waals surface area contributed by atoms with Crippen molar-refractivity contribution in [1.82, 2.24) is 31.0 Å². The number of nitrogens with two attached hydrogens (primary N) is 2. The molecule has 1 spiro atoms. The fourth-order valence-electron chi connectivity index (χ4n) is 6.29. The fraction of sp³-hybridized carbons (Fsp3) is 0.481. The number of guanidine groups is 2. The Kier molecular flexibility index (Phi) is 6.25. The lowest BCUT2D eigenvalue weighted by molar-refractivity contribution is -0.513. The highest BCUT2D eigenvalue weighted by Crippen LogP contribution is 2.41. The molecule has 2 amide bonds. The monoisotopic (exact) mass is 563 g/mol. The quantitative estimate of drug-likeness (QED) is 0.194. The van der Waals surface area contributed by atoms with Crippen LogP contribution in [0.5, 0.6) is 5.75 Å². The molecule has 9 N–H and O–H groups in total. The third-order valence-corrected chi connectivity index (χ3v) is 8.52. The van der Waals surface area contributed by atoms with E-state index in [1.807, 2.05) is 12.1 Å². The molecule has 4 aliphatic rings. The van der Waals surface area contributed by atoms with Gasteiger partial charge in [0.1, 0.15) is 17.9 Å². The van der Waals surface area contributed by atoms with Crippen molar-refractivity contribution in [1.29, 1.82) is 0 Å². The van der Waals surface area contributed by atoms with E-state index in [0.29, 0.717) is 23.6 Å². The predicted molar refractivity (Wildman–Crippen MR) is 148 cm³/mol. The Bertz CT molecular complexity index is 1460. The number of nitrogens with one attached hydrogen (secondary N) is 4. The van der Waals surface area contributed by atoms with Crippen molar-refractivity contribution < 1.29 is 24.4 Å². The van der Waals surface area contributed by atoms with Crippen LogP contribution in [0.4, 0.5) is 0 Å². The molecular weight excluding hydrogens is 528 g/mol. The van der Waals surface area contributed by atoms with Crippen molar-refractivity contribution in [2.45, 2.75) is 62.5 Å². The zero-order chi connectivity index (χ0) is 29.1. The SMILES string of the molecule is Cc1ccc(C(=O)NC[C@@H]2N=C(N)N3CC(NC(=O)c4cccc5c4OCCC5(C)C)[C@@H](O)C34NC(N)=[NH+][C@@H]24)nn1. The number of rotatable bonds is 5. The lowest BCUT2D eigenvalue weighted by atomic mass is 9.79. The van der Waals surface area contributed by atoms with Gasteiger partial charge in [-0.1, -0.05) is 26.0 Å². The van der Waals surface area contributed by atoms with Gasteiger partial charge in [-0.3, -0.25) is 20.3 Å². The van der Waals surface area contributed by atoms with E-state index in [-0.39, 0.29) is 42.0 Å². The zero-order valence-electron chi connectivity index (χ0n) is 23.1. The second-order valence-corrected chi connectivity index (χ2v) is 11.6. The molecule has 0 saturated carbocycles. The first-order chi connectivity index (χ1) is 19.5. The molecule has 1 saturated heterocycles. The van der Waals surface area contributed by atoms with E-state index in [1.54, 1.807) is 30.0 Å². The van der Waals surface area contributed by atoms with Crippen molar-refractivity contribution in [3.05, 3.63) is 52.8 Å². The minimum Gasteiger partial charge on any atom is -0.492 e. The molecule has 14 nitrogen and oxygen atoms in total. The van der Waals surface area contributed by atoms with Gasteiger partial charge in [0.25, 0.3) is 11.8 Å². The molecule has 4 aliphatic heterocycles. The standard InChI is InChI=1S/C27H34N10O4/c1-13-7-8-16(36-35-13)23(40)30-11-17-20-27(34-24(28)33-20)21(38)18(12-37(27)25(29)32-17)31-22(39)14-5-4-6-15-19(14)41-10-9-26(15,2)3/h4-8,17-18,20-21,38H,9-12H2,1-3H3,(H2,29,32)(H,30,40)(H,31,39)(H3,28,33,34)/p+1/t17-,18?,20-,21+,27?/m0/s1. The topological polar surface area (TPSA) is 207 Å². The molecule has 5 atom stereocenters. The normalized spacial score (nSPS) is 29.1. The molecule has 2 aromatic rings. The van der Waals surface area contributed by atoms with Crippen molar-refractivity contribution in [3.8, 4) is 5.75 Å². The van der Waals surface area contributed by atoms with E-state index < -0.39 is 35.8 Å². The molecule has 0 bridgehead atoms. The van der Waals surface area contributed by atoms with Crippen LogP contribution in [0.25, 0.3) is 0 Å². The van der Waals surface area contributed by atoms with Crippen LogP contribution in [-0.2, 0) is 5.41 Å². The summed E-state index contributed by atoms with van der Waals surface area (Å²) in [6.45, 7) is 6.82. The number of aromatic nitrogens is 2. The highest BCUT2D eigenvalue weighted by atomic mass is 16.5. The summed E-state index contributed by atoms with van der Waals surface area (Å²) >= 11 is 0. The van der Waals surface area contributed by atoms with Crippen LogP contribution in [0.15, 0.2) is 35.3 Å². The Morgan fingerprint density at radius 2 is 2.02 bits per heavy atom. The summed E-state index contributed by atoms with van der Waals surface area (Å²) < 4.78 is 5.94. The first-order valence-corrected chi connectivity index (χ1v) is 13.6. The fourth-order valence-corrected chi connectivity index (χ4v) is 6.29. The van der Waals surface area contributed by atoms with Gasteiger partial charge in [-0.05, 0) is 37.0 Å². The van der Waals surface area contributed by atoms with Gasteiger partial charge in [0.2, 0.25) is 5.66 Å². The van der Waals surface area contributed by atoms with Crippen molar-refractivity contribution >= 4 is 23.7 Å². The number of fused-ring (bicyclic) bond motifs is 1. The molecular formula is C27H35N10O4+. The number of hydrogen-bond donors (Lipinski definition) is 7. The first kappa shape index (κ1) is 26.7. The summed E-state index contributed by atoms with van der Waals surface area (Å²) in [4.78, 5) is 35.7. The Hall–Kier alpha value is -4.46. The zero-order valence-corrected chi connectivity index (χ0v) is 23.1. The number of carbonyl (C=O) groups is 2. The Balaban J connectivity index is 1.22. The van der Waals surface area contributed by atoms with Crippen LogP contribution in [0.2, 0.25) is 0 Å². The second kappa shape index (κ2) is 9.58. The van der Waals surface area contributed by atoms with Gasteiger partial charge < -0.3 is 31.1 Å². The number of hydrogen-bond acceptors (Lipinski definition) is 11. The van der Waals surface area contributed by atoms with Gasteiger partial charge in [-0.2, -0.15) is 5.10 Å². The number of benzene rings is 1. The highest BCUT2D eigenvalue weighted by molar-refractivity contribution is 5.98. The molecule has 216 valence electrons. The Morgan fingerprint density at radius 3 is 2.78 bits per heavy atom. The number of amides is 2. The second-order valence-electron chi connectivity index (χ2n) is 11.6. The van der Waals surface area contributed by atoms with Crippen LogP contribution < -0.4 is 37.1 Å². The molecule has 0 radical (unpaired) electrons. The number of aliphatic hydroxyl groups is 1. The molecule has 0 aliphatic carbocycles. The lowest BCUT2D eigenvalue weighted by Crippen LogP contribution is -2.88. The van der Waals surface area contributed by atoms with Gasteiger partial charge in [0.15, 0.2) is 17.7 Å². The van der Waals surface area contributed by atoms with Crippen molar-refractivity contribution in [3.63, 3.8) is 0 Å². The van der Waals surface area contributed by atoms with Gasteiger partial charge in [-0.25, -0.2) is 10.3 Å². The van der Waals surface area contributed by atoms with Crippen molar-refractivity contribution in [2.24, 2.45) is 16.5 Å². The van der Waals surface area contributed by atoms with Crippen molar-refractivity contribution in [2.75, 3.05) is 19.7 Å². The largest absolute Gasteiger partial charge is 0.492 e. The number of aliphatic hydroxyl groups excluding tert-OH is 1. The molecule has 1 fully saturated rings. The van der Waals surface area contributed by atoms with E-state index in [4.69, 9.17) is 16.2 Å². The van der Waals surface area contributed by atoms with E-state index in [2.05, 4.69) is 50.0 Å². The number of aliphatic imine (C=N–C) groups is 1. The van der Waals surface area contributed by atoms with E-state index in [0.717, 1.165) is 12.0 Å². The van der Waals surface area contributed by atoms with E-state index in [9.17, 15) is 14.7 Å². The summed E-state index contributed by atoms with van der Waals surface area (Å²) in [5.74, 6) is 0.162. The molecule has 1 aromatic heterocycles. The van der Waals surface area contributed by atoms with Crippen LogP contribution in [0.3, 0.4) is 0 Å². The predicted octanol–water partition coefficient (Wildman–Crippen LogP) is -3.19. The molecule has 41 heavy (non-hydrogen) atoms. The lowest BCUT2D eigenvalue weighted by Gasteiger charge is -2.43. The third kappa shape index (κ3) is 4.29. The molecule has 2 unspecified atom stereocenters. The minimum atomic E-state index is -1.21. The van der Waals surface area contributed by atoms with Crippen LogP contribution >= 0.6 is 0 Å². The average Bonchev–Trinajstić information content (AvgIpc) is 3.43. The maximum Gasteiger partial charge on any atom is 0.343 e. The Labute approximate surface area is 236 Å². The maximum absolute atomic E-state index is 13.6. The molecule has 14 heteroatoms. The van der Waals surface area contributed by atoms with Gasteiger partial charge in [0, 0.05) is 18.7 Å². The third-order valence-electron chi connectivity index (χ3n) is 8.52. The maximum atomic E-state index is 13.6. The summed E-state index contributed by atoms with van der Waals surface area (Å²) in [7, 11) is 0. The molecule has 1 aromatic carbocycles. The summed E-state index contributed by atoms with van der Waals surface area (Å²) in [5.41, 5.74) is 13.5. The number of para-hydroxylation sites is 1. The van der Waals surface area contributed by atoms with E-state index >= 15 is 0 Å². The van der Waals surface area contributed by atoms with Gasteiger partial charge in [-0.15, -0.1) is 5.10 Å². The summed E-state index contributed by atoms with van der Waals surface area (Å²) in [5, 5.41) is 28.5. The smallest absolute Gasteiger partial charge is 0.343 e. The van der Waals surface area contributed by atoms with Crippen LogP contribution in [-0.4, -0.2) is 93.5 Å². The van der Waals surface area contributed by atoms with Gasteiger partial charge in [0.05, 0.1) is 23.9 Å². The number of nitrogens with zero attached hydrogens (tertiary/aromatic N) is 4. The van der Waals surface area contributed by atoms with Crippen LogP contribution in [0.1, 0.15) is 52.4 Å². The first-order valence-electron chi connectivity index (χ1n) is 13.6. The number of ether oxygens (including phenoxy) is 1. The average molecular weight is 564 g/mol. The number of aryl methyl sites for hydroxylation is 1. The van der Waals surface area contributed by atoms with E-state index in [1.165, 1.54) is 0 Å². The summed E-state index contributed by atoms with van der Waals surface area (Å²) in [6, 6.07) is 6.94. The minimum absolute atomic E-state index is 0.0876.